The summed E-state index contributed by atoms with van der Waals surface area (Å²) in [6, 6.07) is 9.71. The van der Waals surface area contributed by atoms with Crippen LogP contribution in [0.25, 0.3) is 10.9 Å². The van der Waals surface area contributed by atoms with E-state index in [0.29, 0.717) is 45.1 Å². The highest BCUT2D eigenvalue weighted by molar-refractivity contribution is 6.76. The molecule has 11 heteroatoms. The Kier molecular flexibility index (Phi) is 7.27. The van der Waals surface area contributed by atoms with Gasteiger partial charge in [-0.2, -0.15) is 10.4 Å². The molecule has 200 valence electrons. The lowest BCUT2D eigenvalue weighted by molar-refractivity contribution is -0.126. The molecule has 0 aliphatic carbocycles. The Morgan fingerprint density at radius 1 is 1.16 bits per heavy atom. The molecule has 2 aliphatic rings. The van der Waals surface area contributed by atoms with Gasteiger partial charge in [0.05, 0.1) is 18.3 Å². The molecule has 1 aromatic carbocycles. The molecule has 2 aromatic heterocycles. The number of hydrogen-bond acceptors (Lipinski definition) is 7. The number of imidazole rings is 1. The van der Waals surface area contributed by atoms with Crippen LogP contribution in [0.15, 0.2) is 37.1 Å². The lowest BCUT2D eigenvalue weighted by Crippen LogP contribution is -2.49. The summed E-state index contributed by atoms with van der Waals surface area (Å²) in [6.07, 6.45) is 3.28. The van der Waals surface area contributed by atoms with Crippen LogP contribution in [-0.4, -0.2) is 77.5 Å². The molecule has 4 heterocycles. The predicted octanol–water partition coefficient (Wildman–Crippen LogP) is 3.27. The molecule has 2 aliphatic heterocycles. The van der Waals surface area contributed by atoms with Gasteiger partial charge in [0.2, 0.25) is 5.91 Å². The number of carbonyl (C=O) groups is 1. The second kappa shape index (κ2) is 10.6. The molecule has 1 amide bonds. The zero-order chi connectivity index (χ0) is 26.9. The predicted molar refractivity (Wildman–Crippen MR) is 151 cm³/mol. The molecule has 0 unspecified atom stereocenters. The number of nitrogens with zero attached hydrogens (tertiary/aromatic N) is 8. The molecule has 0 radical (unpaired) electrons. The van der Waals surface area contributed by atoms with Gasteiger partial charge in [0.1, 0.15) is 24.4 Å². The van der Waals surface area contributed by atoms with Crippen molar-refractivity contribution in [3.05, 3.63) is 48.6 Å². The molecule has 3 aromatic rings. The maximum atomic E-state index is 12.0. The first kappa shape index (κ1) is 26.0. The summed E-state index contributed by atoms with van der Waals surface area (Å²) in [7, 11) is -1.13. The normalized spacial score (nSPS) is 16.0. The van der Waals surface area contributed by atoms with Crippen LogP contribution in [0, 0.1) is 11.3 Å². The van der Waals surface area contributed by atoms with Crippen molar-refractivity contribution in [2.24, 2.45) is 0 Å². The third-order valence-corrected chi connectivity index (χ3v) is 9.04. The first-order valence-electron chi connectivity index (χ1n) is 13.2. The molecule has 0 N–H and O–H groups in total. The van der Waals surface area contributed by atoms with Gasteiger partial charge < -0.3 is 24.0 Å². The van der Waals surface area contributed by atoms with Crippen LogP contribution in [0.5, 0.6) is 0 Å². The van der Waals surface area contributed by atoms with E-state index < -0.39 is 8.07 Å². The van der Waals surface area contributed by atoms with Gasteiger partial charge in [-0.15, -0.1) is 0 Å². The Hall–Kier alpha value is -3.62. The highest BCUT2D eigenvalue weighted by atomic mass is 28.3. The number of hydrogen-bond donors (Lipinski definition) is 0. The van der Waals surface area contributed by atoms with Gasteiger partial charge in [-0.05, 0) is 24.3 Å². The summed E-state index contributed by atoms with van der Waals surface area (Å²) < 4.78 is 10.1. The molecular weight excluding hydrogens is 496 g/mol. The van der Waals surface area contributed by atoms with Crippen molar-refractivity contribution >= 4 is 36.4 Å². The van der Waals surface area contributed by atoms with Crippen molar-refractivity contribution in [2.75, 3.05) is 49.1 Å². The number of rotatable bonds is 8. The van der Waals surface area contributed by atoms with Crippen molar-refractivity contribution in [2.45, 2.75) is 45.5 Å². The maximum absolute atomic E-state index is 12.0. The van der Waals surface area contributed by atoms with E-state index in [9.17, 15) is 10.1 Å². The van der Waals surface area contributed by atoms with Crippen molar-refractivity contribution in [3.8, 4) is 6.07 Å². The fraction of sp³-hybridized carbons (Fsp3) is 0.481. The van der Waals surface area contributed by atoms with E-state index in [-0.39, 0.29) is 5.91 Å². The molecule has 0 atom stereocenters. The molecule has 1 fully saturated rings. The molecule has 0 bridgehead atoms. The van der Waals surface area contributed by atoms with E-state index in [1.165, 1.54) is 6.08 Å². The minimum atomic E-state index is -1.13. The third kappa shape index (κ3) is 5.19. The monoisotopic (exact) mass is 532 g/mol. The van der Waals surface area contributed by atoms with Gasteiger partial charge in [0.15, 0.2) is 5.69 Å². The van der Waals surface area contributed by atoms with Gasteiger partial charge in [-0.25, -0.2) is 9.67 Å². The van der Waals surface area contributed by atoms with E-state index in [4.69, 9.17) is 9.72 Å². The fourth-order valence-corrected chi connectivity index (χ4v) is 5.94. The standard InChI is InChI=1S/C27H36N8O2Si/c1-5-26(36)31-9-11-32(12-10-31)27-22(17-28)30-25-19-33(13-14-34(25)27)23-7-6-8-24-21(23)18-29-35(24)20-37-15-16-38(2,3)4/h5-8,18H,1,9-16,19-20H2,2-4H3. The summed E-state index contributed by atoms with van der Waals surface area (Å²) in [6.45, 7) is 16.5. The van der Waals surface area contributed by atoms with Crippen molar-refractivity contribution in [1.29, 1.82) is 5.26 Å². The third-order valence-electron chi connectivity index (χ3n) is 7.33. The second-order valence-corrected chi connectivity index (χ2v) is 16.7. The number of nitriles is 1. The van der Waals surface area contributed by atoms with Crippen LogP contribution in [0.4, 0.5) is 11.5 Å². The Labute approximate surface area is 224 Å². The van der Waals surface area contributed by atoms with Crippen LogP contribution < -0.4 is 9.80 Å². The van der Waals surface area contributed by atoms with E-state index in [2.05, 4.69) is 70.0 Å². The van der Waals surface area contributed by atoms with Crippen LogP contribution in [0.2, 0.25) is 25.7 Å². The Morgan fingerprint density at radius 2 is 1.92 bits per heavy atom. The number of benzene rings is 1. The molecule has 0 spiro atoms. The topological polar surface area (TPSA) is 95.5 Å². The summed E-state index contributed by atoms with van der Waals surface area (Å²) in [4.78, 5) is 23.0. The Morgan fingerprint density at radius 3 is 2.63 bits per heavy atom. The second-order valence-electron chi connectivity index (χ2n) is 11.1. The number of piperazine rings is 1. The average Bonchev–Trinajstić information content (AvgIpc) is 3.51. The van der Waals surface area contributed by atoms with Crippen LogP contribution in [-0.2, 0) is 29.4 Å². The van der Waals surface area contributed by atoms with E-state index in [0.717, 1.165) is 54.0 Å². The van der Waals surface area contributed by atoms with Gasteiger partial charge in [0, 0.05) is 65.0 Å². The number of anilines is 2. The maximum Gasteiger partial charge on any atom is 0.246 e. The minimum absolute atomic E-state index is 0.0493. The number of aromatic nitrogens is 4. The number of carbonyl (C=O) groups excluding carboxylic acids is 1. The van der Waals surface area contributed by atoms with Gasteiger partial charge in [-0.1, -0.05) is 32.3 Å². The van der Waals surface area contributed by atoms with E-state index >= 15 is 0 Å². The SMILES string of the molecule is C=CC(=O)N1CCN(c2c(C#N)nc3n2CCN(c2cccc4c2cnn4COCC[Si](C)(C)C)C3)CC1. The lowest BCUT2D eigenvalue weighted by atomic mass is 10.2. The van der Waals surface area contributed by atoms with Gasteiger partial charge >= 0.3 is 0 Å². The number of fused-ring (bicyclic) bond motifs is 2. The van der Waals surface area contributed by atoms with Crippen LogP contribution >= 0.6 is 0 Å². The van der Waals surface area contributed by atoms with E-state index in [1.54, 1.807) is 4.90 Å². The molecule has 1 saturated heterocycles. The number of ether oxygens (including phenoxy) is 1. The van der Waals surface area contributed by atoms with E-state index in [1.807, 2.05) is 10.9 Å². The number of amides is 1. The van der Waals surface area contributed by atoms with Crippen LogP contribution in [0.1, 0.15) is 11.5 Å². The lowest BCUT2D eigenvalue weighted by Gasteiger charge is -2.37. The van der Waals surface area contributed by atoms with Crippen molar-refractivity contribution in [3.63, 3.8) is 0 Å². The molecule has 38 heavy (non-hydrogen) atoms. The smallest absolute Gasteiger partial charge is 0.246 e. The Bertz CT molecular complexity index is 1370. The van der Waals surface area contributed by atoms with Crippen molar-refractivity contribution < 1.29 is 9.53 Å². The molecular formula is C27H36N8O2Si. The molecule has 5 rings (SSSR count). The summed E-state index contributed by atoms with van der Waals surface area (Å²) in [5.74, 6) is 1.70. The molecule has 0 saturated carbocycles. The van der Waals surface area contributed by atoms with Crippen LogP contribution in [0.3, 0.4) is 0 Å². The van der Waals surface area contributed by atoms with Gasteiger partial charge in [0.25, 0.3) is 0 Å². The van der Waals surface area contributed by atoms with Gasteiger partial charge in [-0.3, -0.25) is 4.79 Å². The minimum Gasteiger partial charge on any atom is -0.362 e. The first-order valence-corrected chi connectivity index (χ1v) is 16.9. The quantitative estimate of drug-likeness (QED) is 0.250. The summed E-state index contributed by atoms with van der Waals surface area (Å²) in [5, 5.41) is 15.6. The Balaban J connectivity index is 1.32. The highest BCUT2D eigenvalue weighted by Crippen LogP contribution is 2.32. The summed E-state index contributed by atoms with van der Waals surface area (Å²) in [5.41, 5.74) is 2.61. The highest BCUT2D eigenvalue weighted by Gasteiger charge is 2.30. The zero-order valence-electron chi connectivity index (χ0n) is 22.6. The average molecular weight is 533 g/mol. The molecule has 10 nitrogen and oxygen atoms in total. The first-order chi connectivity index (χ1) is 18.3. The fourth-order valence-electron chi connectivity index (χ4n) is 5.18. The zero-order valence-corrected chi connectivity index (χ0v) is 23.6. The largest absolute Gasteiger partial charge is 0.362 e. The summed E-state index contributed by atoms with van der Waals surface area (Å²) >= 11 is 0. The van der Waals surface area contributed by atoms with Crippen molar-refractivity contribution in [1.82, 2.24) is 24.2 Å².